The van der Waals surface area contributed by atoms with Crippen molar-refractivity contribution >= 4 is 56.3 Å². The van der Waals surface area contributed by atoms with Crippen molar-refractivity contribution in [2.45, 2.75) is 26.4 Å². The van der Waals surface area contributed by atoms with E-state index in [4.69, 9.17) is 4.74 Å². The number of benzene rings is 2. The Kier molecular flexibility index (Phi) is 5.01. The van der Waals surface area contributed by atoms with Crippen molar-refractivity contribution in [3.63, 3.8) is 0 Å². The molecule has 1 aliphatic heterocycles. The molecule has 0 N–H and O–H groups in total. The number of carbonyl (C=O) groups is 4. The van der Waals surface area contributed by atoms with Crippen LogP contribution in [-0.2, 0) is 4.74 Å². The van der Waals surface area contributed by atoms with Crippen LogP contribution in [-0.4, -0.2) is 44.4 Å². The number of Topliss-reactive ketones (excluding diaryl/α,β-unsaturated/α-hetero) is 1. The van der Waals surface area contributed by atoms with E-state index in [0.717, 1.165) is 9.58 Å². The molecule has 0 atom stereocenters. The highest BCUT2D eigenvalue weighted by atomic mass is 79.9. The van der Waals surface area contributed by atoms with Crippen molar-refractivity contribution in [1.82, 2.24) is 9.78 Å². The smallest absolute Gasteiger partial charge is 0.435 e. The lowest BCUT2D eigenvalue weighted by atomic mass is 10.1. The fraction of sp³-hybridized carbons (Fsp3) is 0.227. The van der Waals surface area contributed by atoms with E-state index in [9.17, 15) is 19.2 Å². The summed E-state index contributed by atoms with van der Waals surface area (Å²) in [5.41, 5.74) is 0.335. The summed E-state index contributed by atoms with van der Waals surface area (Å²) >= 11 is 3.13. The van der Waals surface area contributed by atoms with Crippen molar-refractivity contribution in [3.05, 3.63) is 59.2 Å². The van der Waals surface area contributed by atoms with Gasteiger partial charge in [-0.15, -0.1) is 5.10 Å². The molecule has 158 valence electrons. The maximum atomic E-state index is 13.0. The van der Waals surface area contributed by atoms with Gasteiger partial charge >= 0.3 is 6.09 Å². The SMILES string of the molecule is CC(C)(C)OC(=O)n1nc(N2C(=O)c3ccccc3C2=O)c2ccc(C(=O)CBr)cc21. The van der Waals surface area contributed by atoms with Crippen molar-refractivity contribution in [2.24, 2.45) is 0 Å². The summed E-state index contributed by atoms with van der Waals surface area (Å²) in [4.78, 5) is 51.9. The zero-order chi connectivity index (χ0) is 22.5. The molecule has 0 saturated carbocycles. The highest BCUT2D eigenvalue weighted by Crippen LogP contribution is 2.34. The molecule has 2 aromatic carbocycles. The number of fused-ring (bicyclic) bond motifs is 2. The number of ether oxygens (including phenoxy) is 1. The largest absolute Gasteiger partial charge is 0.442 e. The molecule has 0 bridgehead atoms. The summed E-state index contributed by atoms with van der Waals surface area (Å²) in [5.74, 6) is -1.25. The Balaban J connectivity index is 1.91. The average Bonchev–Trinajstić information content (AvgIpc) is 3.21. The molecule has 0 fully saturated rings. The standard InChI is InChI=1S/C22H18BrN3O5/c1-22(2,3)31-21(30)26-16-10-12(17(27)11-23)8-9-15(16)18(24-26)25-19(28)13-6-4-5-7-14(13)20(25)29/h4-10H,11H2,1-3H3. The van der Waals surface area contributed by atoms with Gasteiger partial charge in [0, 0.05) is 10.9 Å². The van der Waals surface area contributed by atoms with Crippen molar-refractivity contribution in [3.8, 4) is 0 Å². The lowest BCUT2D eigenvalue weighted by Crippen LogP contribution is -2.31. The van der Waals surface area contributed by atoms with Gasteiger partial charge in [0.05, 0.1) is 22.0 Å². The summed E-state index contributed by atoms with van der Waals surface area (Å²) in [6.45, 7) is 5.13. The number of carbonyl (C=O) groups excluding carboxylic acids is 4. The third kappa shape index (κ3) is 3.54. The lowest BCUT2D eigenvalue weighted by molar-refractivity contribution is 0.0521. The third-order valence-electron chi connectivity index (χ3n) is 4.68. The van der Waals surface area contributed by atoms with Crippen LogP contribution in [0, 0.1) is 0 Å². The maximum absolute atomic E-state index is 13.0. The van der Waals surface area contributed by atoms with Crippen LogP contribution in [0.4, 0.5) is 10.6 Å². The highest BCUT2D eigenvalue weighted by Gasteiger charge is 2.39. The quantitative estimate of drug-likeness (QED) is 0.314. The third-order valence-corrected chi connectivity index (χ3v) is 5.19. The van der Waals surface area contributed by atoms with E-state index in [0.29, 0.717) is 10.9 Å². The van der Waals surface area contributed by atoms with Crippen LogP contribution in [0.5, 0.6) is 0 Å². The van der Waals surface area contributed by atoms with E-state index in [1.165, 1.54) is 6.07 Å². The number of amides is 2. The Morgan fingerprint density at radius 3 is 2.19 bits per heavy atom. The first-order chi connectivity index (χ1) is 14.6. The number of anilines is 1. The van der Waals surface area contributed by atoms with Gasteiger partial charge in [0.1, 0.15) is 5.60 Å². The molecule has 4 rings (SSSR count). The molecular weight excluding hydrogens is 466 g/mol. The summed E-state index contributed by atoms with van der Waals surface area (Å²) < 4.78 is 6.41. The molecule has 2 heterocycles. The van der Waals surface area contributed by atoms with Crippen LogP contribution in [0.2, 0.25) is 0 Å². The molecule has 2 amide bonds. The molecule has 3 aromatic rings. The van der Waals surface area contributed by atoms with E-state index >= 15 is 0 Å². The molecule has 0 radical (unpaired) electrons. The Morgan fingerprint density at radius 2 is 1.65 bits per heavy atom. The first kappa shape index (κ1) is 20.9. The molecular formula is C22H18BrN3O5. The molecule has 0 unspecified atom stereocenters. The van der Waals surface area contributed by atoms with E-state index in [2.05, 4.69) is 21.0 Å². The van der Waals surface area contributed by atoms with Gasteiger partial charge in [0.15, 0.2) is 11.6 Å². The maximum Gasteiger partial charge on any atom is 0.435 e. The predicted octanol–water partition coefficient (Wildman–Crippen LogP) is 4.20. The molecule has 0 saturated heterocycles. The lowest BCUT2D eigenvalue weighted by Gasteiger charge is -2.19. The Bertz CT molecular complexity index is 1240. The first-order valence-corrected chi connectivity index (χ1v) is 10.6. The summed E-state index contributed by atoms with van der Waals surface area (Å²) in [6.07, 6.45) is -0.788. The Hall–Kier alpha value is -3.33. The van der Waals surface area contributed by atoms with Gasteiger partial charge in [0.2, 0.25) is 0 Å². The topological polar surface area (TPSA) is 98.6 Å². The van der Waals surface area contributed by atoms with Crippen LogP contribution in [0.3, 0.4) is 0 Å². The summed E-state index contributed by atoms with van der Waals surface area (Å²) in [7, 11) is 0. The normalized spacial score (nSPS) is 13.6. The summed E-state index contributed by atoms with van der Waals surface area (Å²) in [5, 5.41) is 4.74. The van der Waals surface area contributed by atoms with Gasteiger partial charge < -0.3 is 4.74 Å². The number of halogens is 1. The molecule has 9 heteroatoms. The van der Waals surface area contributed by atoms with Crippen molar-refractivity contribution < 1.29 is 23.9 Å². The molecule has 1 aliphatic rings. The second-order valence-corrected chi connectivity index (χ2v) is 8.56. The van der Waals surface area contributed by atoms with Gasteiger partial charge in [-0.05, 0) is 45.0 Å². The van der Waals surface area contributed by atoms with E-state index in [1.54, 1.807) is 57.2 Å². The van der Waals surface area contributed by atoms with Crippen LogP contribution in [0.15, 0.2) is 42.5 Å². The van der Waals surface area contributed by atoms with Crippen LogP contribution in [0.25, 0.3) is 10.9 Å². The number of hydrogen-bond acceptors (Lipinski definition) is 6. The van der Waals surface area contributed by atoms with Gasteiger partial charge in [-0.3, -0.25) is 14.4 Å². The minimum absolute atomic E-state index is 0.00454. The van der Waals surface area contributed by atoms with Gasteiger partial charge in [-0.2, -0.15) is 4.68 Å². The van der Waals surface area contributed by atoms with Crippen LogP contribution >= 0.6 is 15.9 Å². The number of imide groups is 1. The minimum Gasteiger partial charge on any atom is -0.442 e. The second kappa shape index (κ2) is 7.42. The highest BCUT2D eigenvalue weighted by molar-refractivity contribution is 9.09. The van der Waals surface area contributed by atoms with Gasteiger partial charge in [-0.25, -0.2) is 9.69 Å². The number of nitrogens with zero attached hydrogens (tertiary/aromatic N) is 3. The predicted molar refractivity (Wildman–Crippen MR) is 117 cm³/mol. The van der Waals surface area contributed by atoms with Gasteiger partial charge in [0.25, 0.3) is 11.8 Å². The number of hydrogen-bond donors (Lipinski definition) is 0. The molecule has 0 aliphatic carbocycles. The Morgan fingerprint density at radius 1 is 1.03 bits per heavy atom. The first-order valence-electron chi connectivity index (χ1n) is 9.45. The second-order valence-electron chi connectivity index (χ2n) is 8.00. The fourth-order valence-corrected chi connectivity index (χ4v) is 3.66. The van der Waals surface area contributed by atoms with Gasteiger partial charge in [-0.1, -0.05) is 34.1 Å². The van der Waals surface area contributed by atoms with E-state index in [-0.39, 0.29) is 33.6 Å². The van der Waals surface area contributed by atoms with Crippen LogP contribution in [0.1, 0.15) is 51.8 Å². The molecule has 31 heavy (non-hydrogen) atoms. The summed E-state index contributed by atoms with van der Waals surface area (Å²) in [6, 6.07) is 11.1. The number of rotatable bonds is 3. The fourth-order valence-electron chi connectivity index (χ4n) is 3.34. The zero-order valence-corrected chi connectivity index (χ0v) is 18.6. The van der Waals surface area contributed by atoms with Crippen molar-refractivity contribution in [2.75, 3.05) is 10.2 Å². The number of aromatic nitrogens is 2. The molecule has 0 spiro atoms. The minimum atomic E-state index is -0.797. The zero-order valence-electron chi connectivity index (χ0n) is 17.0. The number of ketones is 1. The van der Waals surface area contributed by atoms with Crippen molar-refractivity contribution in [1.29, 1.82) is 0 Å². The Labute approximate surface area is 185 Å². The van der Waals surface area contributed by atoms with Crippen LogP contribution < -0.4 is 4.90 Å². The molecule has 8 nitrogen and oxygen atoms in total. The van der Waals surface area contributed by atoms with E-state index in [1.807, 2.05) is 0 Å². The monoisotopic (exact) mass is 483 g/mol. The average molecular weight is 484 g/mol. The number of alkyl halides is 1. The molecule has 1 aromatic heterocycles. The van der Waals surface area contributed by atoms with E-state index < -0.39 is 23.5 Å².